The quantitative estimate of drug-likeness (QED) is 0.670. The van der Waals surface area contributed by atoms with E-state index in [0.29, 0.717) is 35.7 Å². The molecule has 2 aliphatic rings. The number of hydrogen-bond donors (Lipinski definition) is 3. The molecule has 0 aromatic heterocycles. The zero-order valence-corrected chi connectivity index (χ0v) is 15.4. The summed E-state index contributed by atoms with van der Waals surface area (Å²) in [5, 5.41) is 28.6. The summed E-state index contributed by atoms with van der Waals surface area (Å²) in [4.78, 5) is 0. The van der Waals surface area contributed by atoms with Crippen LogP contribution >= 0.6 is 0 Å². The summed E-state index contributed by atoms with van der Waals surface area (Å²) < 4.78 is 0. The molecule has 0 amide bonds. The Balaban J connectivity index is 2.15. The van der Waals surface area contributed by atoms with Gasteiger partial charge in [0.1, 0.15) is 0 Å². The van der Waals surface area contributed by atoms with Crippen molar-refractivity contribution in [2.45, 2.75) is 72.1 Å². The molecule has 0 saturated heterocycles. The maximum Gasteiger partial charge on any atom is 0.0462 e. The van der Waals surface area contributed by atoms with Crippen LogP contribution in [-0.4, -0.2) is 35.1 Å². The van der Waals surface area contributed by atoms with E-state index < -0.39 is 0 Å². The zero-order chi connectivity index (χ0) is 17.1. The fourth-order valence-corrected chi connectivity index (χ4v) is 6.16. The SMILES string of the molecule is CC1(C)CCC[C@]2(C)[C@@H](CC[C@H](CO)CCO)[C@@H](CO)CC[C@@H]12. The van der Waals surface area contributed by atoms with Gasteiger partial charge in [0.25, 0.3) is 0 Å². The lowest BCUT2D eigenvalue weighted by molar-refractivity contribution is -0.110. The summed E-state index contributed by atoms with van der Waals surface area (Å²) in [6.07, 6.45) is 9.06. The Morgan fingerprint density at radius 1 is 1.00 bits per heavy atom. The Hall–Kier alpha value is -0.120. The third-order valence-corrected chi connectivity index (χ3v) is 7.43. The minimum atomic E-state index is 0.159. The summed E-state index contributed by atoms with van der Waals surface area (Å²) in [5.41, 5.74) is 0.736. The van der Waals surface area contributed by atoms with Crippen molar-refractivity contribution in [2.24, 2.45) is 34.5 Å². The molecule has 2 fully saturated rings. The highest BCUT2D eigenvalue weighted by Crippen LogP contribution is 2.62. The van der Waals surface area contributed by atoms with Crippen LogP contribution in [0.2, 0.25) is 0 Å². The molecule has 0 aromatic rings. The Labute approximate surface area is 142 Å². The van der Waals surface area contributed by atoms with Gasteiger partial charge in [0.05, 0.1) is 0 Å². The van der Waals surface area contributed by atoms with Crippen LogP contribution in [0, 0.1) is 34.5 Å². The van der Waals surface area contributed by atoms with E-state index in [2.05, 4.69) is 20.8 Å². The number of hydrogen-bond acceptors (Lipinski definition) is 3. The molecule has 2 saturated carbocycles. The van der Waals surface area contributed by atoms with Gasteiger partial charge in [0, 0.05) is 19.8 Å². The molecular weight excluding hydrogens is 288 g/mol. The van der Waals surface area contributed by atoms with E-state index in [9.17, 15) is 10.2 Å². The molecule has 136 valence electrons. The van der Waals surface area contributed by atoms with Gasteiger partial charge < -0.3 is 15.3 Å². The van der Waals surface area contributed by atoms with Gasteiger partial charge in [-0.25, -0.2) is 0 Å². The second kappa shape index (κ2) is 7.84. The average Bonchev–Trinajstić information content (AvgIpc) is 2.50. The van der Waals surface area contributed by atoms with Crippen LogP contribution in [0.15, 0.2) is 0 Å². The van der Waals surface area contributed by atoms with Crippen LogP contribution in [0.1, 0.15) is 72.1 Å². The van der Waals surface area contributed by atoms with E-state index in [4.69, 9.17) is 5.11 Å². The maximum absolute atomic E-state index is 9.93. The third-order valence-electron chi connectivity index (χ3n) is 7.43. The molecule has 0 radical (unpaired) electrons. The van der Waals surface area contributed by atoms with Gasteiger partial charge in [-0.3, -0.25) is 0 Å². The molecule has 0 heterocycles. The molecule has 3 nitrogen and oxygen atoms in total. The molecule has 0 unspecified atom stereocenters. The third kappa shape index (κ3) is 3.93. The molecule has 0 spiro atoms. The molecule has 3 N–H and O–H groups in total. The normalized spacial score (nSPS) is 38.1. The lowest BCUT2D eigenvalue weighted by Crippen LogP contribution is -2.52. The van der Waals surface area contributed by atoms with Crippen molar-refractivity contribution in [1.82, 2.24) is 0 Å². The fraction of sp³-hybridized carbons (Fsp3) is 1.00. The van der Waals surface area contributed by atoms with Gasteiger partial charge in [-0.1, -0.05) is 27.2 Å². The highest BCUT2D eigenvalue weighted by molar-refractivity contribution is 5.03. The predicted molar refractivity (Wildman–Crippen MR) is 94.0 cm³/mol. The van der Waals surface area contributed by atoms with Crippen LogP contribution in [0.25, 0.3) is 0 Å². The van der Waals surface area contributed by atoms with Crippen molar-refractivity contribution in [3.05, 3.63) is 0 Å². The lowest BCUT2D eigenvalue weighted by atomic mass is 9.46. The van der Waals surface area contributed by atoms with Crippen LogP contribution < -0.4 is 0 Å². The highest BCUT2D eigenvalue weighted by atomic mass is 16.3. The fourth-order valence-electron chi connectivity index (χ4n) is 6.16. The largest absolute Gasteiger partial charge is 0.396 e. The molecule has 0 aromatic carbocycles. The van der Waals surface area contributed by atoms with E-state index in [-0.39, 0.29) is 19.1 Å². The number of aliphatic hydroxyl groups is 3. The smallest absolute Gasteiger partial charge is 0.0462 e. The van der Waals surface area contributed by atoms with Crippen molar-refractivity contribution in [1.29, 1.82) is 0 Å². The van der Waals surface area contributed by atoms with Crippen molar-refractivity contribution >= 4 is 0 Å². The number of aliphatic hydroxyl groups excluding tert-OH is 3. The molecule has 0 bridgehead atoms. The summed E-state index contributed by atoms with van der Waals surface area (Å²) in [5.74, 6) is 1.93. The summed E-state index contributed by atoms with van der Waals surface area (Å²) in [6.45, 7) is 7.98. The first-order chi connectivity index (χ1) is 10.9. The minimum Gasteiger partial charge on any atom is -0.396 e. The summed E-state index contributed by atoms with van der Waals surface area (Å²) >= 11 is 0. The first-order valence-electron chi connectivity index (χ1n) is 9.71. The molecule has 23 heavy (non-hydrogen) atoms. The van der Waals surface area contributed by atoms with Crippen LogP contribution in [0.4, 0.5) is 0 Å². The molecule has 2 rings (SSSR count). The second-order valence-corrected chi connectivity index (χ2v) is 9.17. The Kier molecular flexibility index (Phi) is 6.55. The monoisotopic (exact) mass is 326 g/mol. The zero-order valence-electron chi connectivity index (χ0n) is 15.4. The standard InChI is InChI=1S/C20H38O3/c1-19(2)10-4-11-20(3)17(7-5-15(13-22)9-12-21)16(14-23)6-8-18(19)20/h15-18,21-23H,4-14H2,1-3H3/t15-,16+,17-,18-,20+/m0/s1. The van der Waals surface area contributed by atoms with Gasteiger partial charge in [-0.2, -0.15) is 0 Å². The highest BCUT2D eigenvalue weighted by Gasteiger charge is 2.54. The predicted octanol–water partition coefficient (Wildman–Crippen LogP) is 3.61. The summed E-state index contributed by atoms with van der Waals surface area (Å²) in [6, 6.07) is 0. The van der Waals surface area contributed by atoms with E-state index >= 15 is 0 Å². The van der Waals surface area contributed by atoms with E-state index in [1.807, 2.05) is 0 Å². The van der Waals surface area contributed by atoms with E-state index in [0.717, 1.165) is 25.2 Å². The van der Waals surface area contributed by atoms with E-state index in [1.165, 1.54) is 25.7 Å². The Morgan fingerprint density at radius 3 is 2.35 bits per heavy atom. The molecule has 3 heteroatoms. The van der Waals surface area contributed by atoms with Crippen LogP contribution in [-0.2, 0) is 0 Å². The lowest BCUT2D eigenvalue weighted by Gasteiger charge is -2.59. The maximum atomic E-state index is 9.93. The molecule has 0 aliphatic heterocycles. The van der Waals surface area contributed by atoms with E-state index in [1.54, 1.807) is 0 Å². The topological polar surface area (TPSA) is 60.7 Å². The van der Waals surface area contributed by atoms with Crippen molar-refractivity contribution < 1.29 is 15.3 Å². The molecule has 5 atom stereocenters. The number of rotatable bonds is 7. The van der Waals surface area contributed by atoms with Gasteiger partial charge in [-0.15, -0.1) is 0 Å². The first kappa shape index (κ1) is 19.2. The van der Waals surface area contributed by atoms with Gasteiger partial charge >= 0.3 is 0 Å². The average molecular weight is 327 g/mol. The van der Waals surface area contributed by atoms with Gasteiger partial charge in [0.2, 0.25) is 0 Å². The minimum absolute atomic E-state index is 0.159. The summed E-state index contributed by atoms with van der Waals surface area (Å²) in [7, 11) is 0. The van der Waals surface area contributed by atoms with Crippen LogP contribution in [0.5, 0.6) is 0 Å². The van der Waals surface area contributed by atoms with Gasteiger partial charge in [0.15, 0.2) is 0 Å². The van der Waals surface area contributed by atoms with Crippen molar-refractivity contribution in [3.8, 4) is 0 Å². The number of fused-ring (bicyclic) bond motifs is 1. The first-order valence-corrected chi connectivity index (χ1v) is 9.71. The van der Waals surface area contributed by atoms with Crippen LogP contribution in [0.3, 0.4) is 0 Å². The Bertz CT molecular complexity index is 368. The molecule has 2 aliphatic carbocycles. The Morgan fingerprint density at radius 2 is 1.74 bits per heavy atom. The van der Waals surface area contributed by atoms with Crippen molar-refractivity contribution in [2.75, 3.05) is 19.8 Å². The second-order valence-electron chi connectivity index (χ2n) is 9.17. The van der Waals surface area contributed by atoms with Gasteiger partial charge in [-0.05, 0) is 79.4 Å². The molecular formula is C20H38O3. The van der Waals surface area contributed by atoms with Crippen molar-refractivity contribution in [3.63, 3.8) is 0 Å².